The molecule has 1 aliphatic heterocycles. The Kier molecular flexibility index (Phi) is 9.63. The van der Waals surface area contributed by atoms with Gasteiger partial charge in [0.25, 0.3) is 0 Å². The fourth-order valence-electron chi connectivity index (χ4n) is 4.45. The second kappa shape index (κ2) is 12.4. The van der Waals surface area contributed by atoms with Crippen LogP contribution in [-0.2, 0) is 6.42 Å². The summed E-state index contributed by atoms with van der Waals surface area (Å²) >= 11 is 0. The zero-order valence-electron chi connectivity index (χ0n) is 20.5. The highest BCUT2D eigenvalue weighted by Gasteiger charge is 2.16. The molecule has 0 unspecified atom stereocenters. The molecule has 1 fully saturated rings. The largest absolute Gasteiger partial charge is 0.492 e. The lowest BCUT2D eigenvalue weighted by Gasteiger charge is -2.21. The highest BCUT2D eigenvalue weighted by molar-refractivity contribution is 5.88. The summed E-state index contributed by atoms with van der Waals surface area (Å²) < 4.78 is 12.1. The fourth-order valence-corrected chi connectivity index (χ4v) is 4.45. The van der Waals surface area contributed by atoms with Crippen molar-refractivity contribution in [1.82, 2.24) is 4.90 Å². The molecule has 34 heavy (non-hydrogen) atoms. The van der Waals surface area contributed by atoms with Gasteiger partial charge < -0.3 is 14.6 Å². The molecule has 184 valence electrons. The third kappa shape index (κ3) is 7.63. The summed E-state index contributed by atoms with van der Waals surface area (Å²) in [6.07, 6.45) is 6.10. The van der Waals surface area contributed by atoms with E-state index < -0.39 is 5.60 Å². The molecular formula is C29H38ClNO3. The summed E-state index contributed by atoms with van der Waals surface area (Å²) in [4.78, 5) is 2.52. The average molecular weight is 484 g/mol. The van der Waals surface area contributed by atoms with Gasteiger partial charge in [0.1, 0.15) is 24.7 Å². The van der Waals surface area contributed by atoms with Gasteiger partial charge in [0.05, 0.1) is 5.60 Å². The molecule has 0 aromatic heterocycles. The van der Waals surface area contributed by atoms with Gasteiger partial charge in [0.15, 0.2) is 0 Å². The molecule has 0 saturated carbocycles. The molecule has 0 amide bonds. The third-order valence-corrected chi connectivity index (χ3v) is 6.26. The van der Waals surface area contributed by atoms with Crippen LogP contribution < -0.4 is 9.47 Å². The Morgan fingerprint density at radius 3 is 2.26 bits per heavy atom. The number of benzene rings is 3. The van der Waals surface area contributed by atoms with E-state index in [4.69, 9.17) is 9.47 Å². The number of aliphatic hydroxyl groups is 1. The first kappa shape index (κ1) is 26.3. The van der Waals surface area contributed by atoms with Crippen molar-refractivity contribution in [3.05, 3.63) is 71.8 Å². The molecule has 0 atom stereocenters. The van der Waals surface area contributed by atoms with E-state index in [2.05, 4.69) is 59.5 Å². The van der Waals surface area contributed by atoms with E-state index in [0.717, 1.165) is 36.6 Å². The van der Waals surface area contributed by atoms with Gasteiger partial charge in [0.2, 0.25) is 0 Å². The lowest BCUT2D eigenvalue weighted by molar-refractivity contribution is 0.0282. The number of halogens is 1. The SMILES string of the molecule is CC(C)(O)COc1ccc2ccccc2c1Cc1ccc(OCCN2CCCCCC2)cc1.Cl. The Morgan fingerprint density at radius 2 is 1.56 bits per heavy atom. The Labute approximate surface area is 210 Å². The highest BCUT2D eigenvalue weighted by Crippen LogP contribution is 2.31. The zero-order valence-corrected chi connectivity index (χ0v) is 21.3. The van der Waals surface area contributed by atoms with Crippen LogP contribution in [0.25, 0.3) is 10.8 Å². The van der Waals surface area contributed by atoms with Gasteiger partial charge in [0, 0.05) is 18.5 Å². The first-order chi connectivity index (χ1) is 16.0. The van der Waals surface area contributed by atoms with Crippen LogP contribution in [0.15, 0.2) is 60.7 Å². The van der Waals surface area contributed by atoms with E-state index in [0.29, 0.717) is 0 Å². The van der Waals surface area contributed by atoms with Gasteiger partial charge in [-0.1, -0.05) is 55.3 Å². The summed E-state index contributed by atoms with van der Waals surface area (Å²) in [7, 11) is 0. The number of hydrogen-bond acceptors (Lipinski definition) is 4. The van der Waals surface area contributed by atoms with E-state index in [-0.39, 0.29) is 19.0 Å². The van der Waals surface area contributed by atoms with E-state index in [1.54, 1.807) is 13.8 Å². The molecule has 4 rings (SSSR count). The molecule has 0 bridgehead atoms. The summed E-state index contributed by atoms with van der Waals surface area (Å²) in [5.74, 6) is 1.75. The summed E-state index contributed by atoms with van der Waals surface area (Å²) in [6.45, 7) is 7.91. The molecule has 1 aliphatic rings. The van der Waals surface area contributed by atoms with Crippen molar-refractivity contribution >= 4 is 23.2 Å². The number of hydrogen-bond donors (Lipinski definition) is 1. The van der Waals surface area contributed by atoms with Crippen molar-refractivity contribution in [3.63, 3.8) is 0 Å². The fraction of sp³-hybridized carbons (Fsp3) is 0.448. The van der Waals surface area contributed by atoms with Crippen molar-refractivity contribution in [3.8, 4) is 11.5 Å². The van der Waals surface area contributed by atoms with Crippen molar-refractivity contribution < 1.29 is 14.6 Å². The molecule has 0 radical (unpaired) electrons. The minimum absolute atomic E-state index is 0. The van der Waals surface area contributed by atoms with Crippen molar-refractivity contribution in [1.29, 1.82) is 0 Å². The quantitative estimate of drug-likeness (QED) is 0.390. The standard InChI is InChI=1S/C29H37NO3.ClH/c1-29(2,31)22-33-28-16-13-24-9-5-6-10-26(24)27(28)21-23-11-14-25(15-12-23)32-20-19-30-17-7-3-4-8-18-30;/h5-6,9-16,31H,3-4,7-8,17-22H2,1-2H3;1H. The number of ether oxygens (including phenoxy) is 2. The van der Waals surface area contributed by atoms with Crippen LogP contribution in [-0.4, -0.2) is 48.5 Å². The third-order valence-electron chi connectivity index (χ3n) is 6.26. The van der Waals surface area contributed by atoms with E-state index >= 15 is 0 Å². The molecule has 0 aliphatic carbocycles. The summed E-state index contributed by atoms with van der Waals surface area (Å²) in [6, 6.07) is 20.9. The number of likely N-dealkylation sites (tertiary alicyclic amines) is 1. The van der Waals surface area contributed by atoms with Crippen LogP contribution in [0.1, 0.15) is 50.7 Å². The number of nitrogens with zero attached hydrogens (tertiary/aromatic N) is 1. The van der Waals surface area contributed by atoms with Crippen LogP contribution in [0.3, 0.4) is 0 Å². The maximum absolute atomic E-state index is 10.1. The lowest BCUT2D eigenvalue weighted by Crippen LogP contribution is -2.29. The van der Waals surface area contributed by atoms with Gasteiger partial charge in [-0.3, -0.25) is 4.90 Å². The van der Waals surface area contributed by atoms with Crippen molar-refractivity contribution in [2.24, 2.45) is 0 Å². The zero-order chi connectivity index (χ0) is 23.1. The summed E-state index contributed by atoms with van der Waals surface area (Å²) in [5.41, 5.74) is 1.47. The van der Waals surface area contributed by atoms with Gasteiger partial charge in [-0.25, -0.2) is 0 Å². The van der Waals surface area contributed by atoms with Gasteiger partial charge in [-0.2, -0.15) is 0 Å². The van der Waals surface area contributed by atoms with E-state index in [1.165, 1.54) is 55.1 Å². The Morgan fingerprint density at radius 1 is 0.853 bits per heavy atom. The molecule has 3 aromatic rings. The second-order valence-electron chi connectivity index (χ2n) is 9.79. The Hall–Kier alpha value is -2.27. The first-order valence-corrected chi connectivity index (χ1v) is 12.3. The second-order valence-corrected chi connectivity index (χ2v) is 9.79. The first-order valence-electron chi connectivity index (χ1n) is 12.3. The average Bonchev–Trinajstić information content (AvgIpc) is 3.08. The molecule has 1 heterocycles. The minimum Gasteiger partial charge on any atom is -0.492 e. The van der Waals surface area contributed by atoms with Crippen LogP contribution in [0.2, 0.25) is 0 Å². The maximum Gasteiger partial charge on any atom is 0.123 e. The van der Waals surface area contributed by atoms with Crippen molar-refractivity contribution in [2.45, 2.75) is 51.6 Å². The molecular weight excluding hydrogens is 446 g/mol. The van der Waals surface area contributed by atoms with Gasteiger partial charge in [-0.15, -0.1) is 12.4 Å². The van der Waals surface area contributed by atoms with E-state index in [1.807, 2.05) is 6.07 Å². The van der Waals surface area contributed by atoms with Crippen LogP contribution in [0, 0.1) is 0 Å². The molecule has 0 spiro atoms. The number of fused-ring (bicyclic) bond motifs is 1. The monoisotopic (exact) mass is 483 g/mol. The summed E-state index contributed by atoms with van der Waals surface area (Å²) in [5, 5.41) is 12.5. The van der Waals surface area contributed by atoms with Crippen LogP contribution >= 0.6 is 12.4 Å². The molecule has 5 heteroatoms. The smallest absolute Gasteiger partial charge is 0.123 e. The topological polar surface area (TPSA) is 41.9 Å². The van der Waals surface area contributed by atoms with Crippen LogP contribution in [0.5, 0.6) is 11.5 Å². The highest BCUT2D eigenvalue weighted by atomic mass is 35.5. The molecule has 4 nitrogen and oxygen atoms in total. The maximum atomic E-state index is 10.1. The Bertz CT molecular complexity index is 1020. The predicted octanol–water partition coefficient (Wildman–Crippen LogP) is 6.26. The normalized spacial score (nSPS) is 14.9. The Balaban J connectivity index is 0.00000324. The molecule has 3 aromatic carbocycles. The number of rotatable bonds is 9. The minimum atomic E-state index is -0.880. The van der Waals surface area contributed by atoms with Crippen molar-refractivity contribution in [2.75, 3.05) is 32.8 Å². The molecule has 1 N–H and O–H groups in total. The van der Waals surface area contributed by atoms with Gasteiger partial charge >= 0.3 is 0 Å². The van der Waals surface area contributed by atoms with E-state index in [9.17, 15) is 5.11 Å². The van der Waals surface area contributed by atoms with Crippen LogP contribution in [0.4, 0.5) is 0 Å². The lowest BCUT2D eigenvalue weighted by atomic mass is 9.97. The van der Waals surface area contributed by atoms with Gasteiger partial charge in [-0.05, 0) is 74.3 Å². The molecule has 1 saturated heterocycles. The predicted molar refractivity (Wildman–Crippen MR) is 143 cm³/mol.